The summed E-state index contributed by atoms with van der Waals surface area (Å²) in [6.45, 7) is 6.36. The van der Waals surface area contributed by atoms with Crippen LogP contribution >= 0.6 is 8.03 Å². The lowest BCUT2D eigenvalue weighted by Gasteiger charge is -2.04. The van der Waals surface area contributed by atoms with Gasteiger partial charge in [-0.3, -0.25) is 4.57 Å². The Labute approximate surface area is 98.2 Å². The average Bonchev–Trinajstić information content (AvgIpc) is 2.30. The van der Waals surface area contributed by atoms with Gasteiger partial charge in [-0.05, 0) is 30.5 Å². The SMILES string of the molecule is C=CCc1ccc([PH](=O)OCCCC)cc1. The Hall–Kier alpha value is -0.850. The minimum absolute atomic E-state index is 0.586. The molecule has 2 nitrogen and oxygen atoms in total. The largest absolute Gasteiger partial charge is 0.327 e. The molecule has 0 aromatic heterocycles. The lowest BCUT2D eigenvalue weighted by molar-refractivity contribution is 0.326. The van der Waals surface area contributed by atoms with Crippen molar-refractivity contribution in [1.82, 2.24) is 0 Å². The van der Waals surface area contributed by atoms with E-state index < -0.39 is 8.03 Å². The molecular formula is C13H19O2P. The summed E-state index contributed by atoms with van der Waals surface area (Å²) < 4.78 is 17.0. The molecule has 1 aromatic carbocycles. The van der Waals surface area contributed by atoms with Crippen LogP contribution in [-0.2, 0) is 15.5 Å². The lowest BCUT2D eigenvalue weighted by atomic mass is 10.2. The van der Waals surface area contributed by atoms with Gasteiger partial charge in [0.15, 0.2) is 0 Å². The van der Waals surface area contributed by atoms with E-state index in [0.717, 1.165) is 24.6 Å². The van der Waals surface area contributed by atoms with Crippen LogP contribution in [0.2, 0.25) is 0 Å². The standard InChI is InChI=1S/C13H19O2P/c1-3-5-11-15-16(14)13-9-7-12(6-4-2)8-10-13/h4,7-10,16H,2-3,5-6,11H2,1H3. The van der Waals surface area contributed by atoms with Crippen molar-refractivity contribution >= 4 is 13.3 Å². The molecule has 16 heavy (non-hydrogen) atoms. The molecule has 1 aromatic rings. The minimum Gasteiger partial charge on any atom is -0.327 e. The van der Waals surface area contributed by atoms with Crippen LogP contribution in [0, 0.1) is 0 Å². The number of hydrogen-bond acceptors (Lipinski definition) is 2. The molecule has 0 bridgehead atoms. The molecule has 0 aliphatic carbocycles. The maximum Gasteiger partial charge on any atom is 0.220 e. The summed E-state index contributed by atoms with van der Waals surface area (Å²) in [6, 6.07) is 7.71. The zero-order valence-electron chi connectivity index (χ0n) is 9.74. The molecular weight excluding hydrogens is 219 g/mol. The Bertz CT molecular complexity index is 343. The van der Waals surface area contributed by atoms with Gasteiger partial charge in [-0.25, -0.2) is 0 Å². The number of allylic oxidation sites excluding steroid dienone is 1. The third-order valence-corrected chi connectivity index (χ3v) is 3.57. The monoisotopic (exact) mass is 238 g/mol. The maximum absolute atomic E-state index is 11.7. The fourth-order valence-corrected chi connectivity index (χ4v) is 2.27. The number of rotatable bonds is 7. The van der Waals surface area contributed by atoms with Crippen molar-refractivity contribution in [1.29, 1.82) is 0 Å². The summed E-state index contributed by atoms with van der Waals surface area (Å²) in [7, 11) is -2.05. The predicted molar refractivity (Wildman–Crippen MR) is 69.8 cm³/mol. The Kier molecular flexibility index (Phi) is 6.14. The van der Waals surface area contributed by atoms with Crippen LogP contribution in [0.1, 0.15) is 25.3 Å². The van der Waals surface area contributed by atoms with Crippen molar-refractivity contribution in [3.63, 3.8) is 0 Å². The van der Waals surface area contributed by atoms with Crippen LogP contribution < -0.4 is 5.30 Å². The van der Waals surface area contributed by atoms with Gasteiger partial charge in [0.1, 0.15) is 0 Å². The van der Waals surface area contributed by atoms with Gasteiger partial charge in [0.05, 0.1) is 6.61 Å². The van der Waals surface area contributed by atoms with Gasteiger partial charge in [0.2, 0.25) is 8.03 Å². The Morgan fingerprint density at radius 1 is 1.38 bits per heavy atom. The first kappa shape index (κ1) is 13.2. The van der Waals surface area contributed by atoms with E-state index in [1.807, 2.05) is 30.3 Å². The zero-order chi connectivity index (χ0) is 11.8. The van der Waals surface area contributed by atoms with Crippen LogP contribution in [0.3, 0.4) is 0 Å². The quantitative estimate of drug-likeness (QED) is 0.414. The van der Waals surface area contributed by atoms with E-state index in [9.17, 15) is 4.57 Å². The van der Waals surface area contributed by atoms with E-state index in [1.165, 1.54) is 5.56 Å². The van der Waals surface area contributed by atoms with Crippen LogP contribution in [0.15, 0.2) is 36.9 Å². The summed E-state index contributed by atoms with van der Waals surface area (Å²) in [5.74, 6) is 0. The molecule has 0 aliphatic heterocycles. The molecule has 1 atom stereocenters. The number of unbranched alkanes of at least 4 members (excludes halogenated alkanes) is 1. The van der Waals surface area contributed by atoms with Crippen molar-refractivity contribution in [2.45, 2.75) is 26.2 Å². The topological polar surface area (TPSA) is 26.3 Å². The first-order valence-corrected chi connectivity index (χ1v) is 6.96. The van der Waals surface area contributed by atoms with Gasteiger partial charge >= 0.3 is 0 Å². The molecule has 0 radical (unpaired) electrons. The molecule has 1 unspecified atom stereocenters. The van der Waals surface area contributed by atoms with Crippen molar-refractivity contribution < 1.29 is 9.09 Å². The summed E-state index contributed by atoms with van der Waals surface area (Å²) in [5.41, 5.74) is 1.18. The third kappa shape index (κ3) is 4.34. The summed E-state index contributed by atoms with van der Waals surface area (Å²) in [5, 5.41) is 0.800. The van der Waals surface area contributed by atoms with E-state index in [4.69, 9.17) is 4.52 Å². The highest BCUT2D eigenvalue weighted by molar-refractivity contribution is 7.48. The van der Waals surface area contributed by atoms with Crippen molar-refractivity contribution in [2.75, 3.05) is 6.61 Å². The molecule has 0 heterocycles. The highest BCUT2D eigenvalue weighted by atomic mass is 31.1. The third-order valence-electron chi connectivity index (χ3n) is 2.30. The molecule has 1 rings (SSSR count). The summed E-state index contributed by atoms with van der Waals surface area (Å²) >= 11 is 0. The van der Waals surface area contributed by atoms with Crippen molar-refractivity contribution in [3.8, 4) is 0 Å². The molecule has 0 N–H and O–H groups in total. The predicted octanol–water partition coefficient (Wildman–Crippen LogP) is 3.33. The number of benzene rings is 1. The zero-order valence-corrected chi connectivity index (χ0v) is 10.7. The van der Waals surface area contributed by atoms with Crippen LogP contribution in [0.25, 0.3) is 0 Å². The number of hydrogen-bond donors (Lipinski definition) is 0. The van der Waals surface area contributed by atoms with Crippen LogP contribution in [0.4, 0.5) is 0 Å². The van der Waals surface area contributed by atoms with Gasteiger partial charge in [-0.1, -0.05) is 31.6 Å². The molecule has 0 amide bonds. The van der Waals surface area contributed by atoms with Gasteiger partial charge in [0, 0.05) is 5.30 Å². The molecule has 3 heteroatoms. The van der Waals surface area contributed by atoms with Crippen LogP contribution in [0.5, 0.6) is 0 Å². The van der Waals surface area contributed by atoms with E-state index in [1.54, 1.807) is 0 Å². The van der Waals surface area contributed by atoms with E-state index in [0.29, 0.717) is 6.61 Å². The normalized spacial score (nSPS) is 12.3. The minimum atomic E-state index is -2.05. The summed E-state index contributed by atoms with van der Waals surface area (Å²) in [6.07, 6.45) is 4.73. The fourth-order valence-electron chi connectivity index (χ4n) is 1.34. The van der Waals surface area contributed by atoms with Crippen molar-refractivity contribution in [3.05, 3.63) is 42.5 Å². The van der Waals surface area contributed by atoms with Gasteiger partial charge in [-0.2, -0.15) is 0 Å². The molecule has 0 fully saturated rings. The lowest BCUT2D eigenvalue weighted by Crippen LogP contribution is -1.99. The van der Waals surface area contributed by atoms with E-state index >= 15 is 0 Å². The molecule has 0 saturated heterocycles. The maximum atomic E-state index is 11.7. The smallest absolute Gasteiger partial charge is 0.220 e. The second kappa shape index (κ2) is 7.43. The van der Waals surface area contributed by atoms with E-state index in [-0.39, 0.29) is 0 Å². The molecule has 0 spiro atoms. The van der Waals surface area contributed by atoms with Crippen LogP contribution in [-0.4, -0.2) is 6.61 Å². The fraction of sp³-hybridized carbons (Fsp3) is 0.385. The Morgan fingerprint density at radius 2 is 2.06 bits per heavy atom. The first-order valence-electron chi connectivity index (χ1n) is 5.65. The first-order chi connectivity index (χ1) is 7.77. The van der Waals surface area contributed by atoms with Gasteiger partial charge in [0.25, 0.3) is 0 Å². The Morgan fingerprint density at radius 3 is 2.62 bits per heavy atom. The van der Waals surface area contributed by atoms with Gasteiger partial charge in [-0.15, -0.1) is 6.58 Å². The Balaban J connectivity index is 2.52. The highest BCUT2D eigenvalue weighted by Crippen LogP contribution is 2.22. The summed E-state index contributed by atoms with van der Waals surface area (Å²) in [4.78, 5) is 0. The van der Waals surface area contributed by atoms with E-state index in [2.05, 4.69) is 13.5 Å². The van der Waals surface area contributed by atoms with Crippen molar-refractivity contribution in [2.24, 2.45) is 0 Å². The average molecular weight is 238 g/mol. The van der Waals surface area contributed by atoms with Gasteiger partial charge < -0.3 is 4.52 Å². The second-order valence-electron chi connectivity index (χ2n) is 3.68. The molecule has 88 valence electrons. The second-order valence-corrected chi connectivity index (χ2v) is 5.12. The molecule has 0 saturated carbocycles. The highest BCUT2D eigenvalue weighted by Gasteiger charge is 2.02. The molecule has 0 aliphatic rings.